The lowest BCUT2D eigenvalue weighted by Crippen LogP contribution is -2.33. The zero-order chi connectivity index (χ0) is 16.5. The lowest BCUT2D eigenvalue weighted by molar-refractivity contribution is -0.138. The summed E-state index contributed by atoms with van der Waals surface area (Å²) in [4.78, 5) is 0. The largest absolute Gasteiger partial charge is 0.416 e. The fourth-order valence-corrected chi connectivity index (χ4v) is 1.68. The van der Waals surface area contributed by atoms with Crippen molar-refractivity contribution in [2.75, 3.05) is 5.32 Å². The number of hydrogen-bond donors (Lipinski definition) is 1. The van der Waals surface area contributed by atoms with Gasteiger partial charge in [0.05, 0.1) is 29.3 Å². The standard InChI is InChI=1S/C12H10F6N4/c1-7(11(13,14)15)20-9-6-8(12(16,17)18)2-3-10(9)22-5-4-19-21-22/h2-7,20H,1H3. The Morgan fingerprint density at radius 1 is 1.14 bits per heavy atom. The van der Waals surface area contributed by atoms with Gasteiger partial charge in [0, 0.05) is 0 Å². The summed E-state index contributed by atoms with van der Waals surface area (Å²) >= 11 is 0. The third kappa shape index (κ3) is 3.49. The Bertz CT molecular complexity index is 632. The van der Waals surface area contributed by atoms with Crippen LogP contribution in [0.15, 0.2) is 30.6 Å². The fraction of sp³-hybridized carbons (Fsp3) is 0.333. The highest BCUT2D eigenvalue weighted by Gasteiger charge is 2.37. The van der Waals surface area contributed by atoms with Crippen molar-refractivity contribution in [1.82, 2.24) is 15.0 Å². The first-order valence-electron chi connectivity index (χ1n) is 6.00. The summed E-state index contributed by atoms with van der Waals surface area (Å²) in [6.07, 6.45) is -6.70. The Balaban J connectivity index is 2.47. The SMILES string of the molecule is CC(Nc1cc(C(F)(F)F)ccc1-n1ccnn1)C(F)(F)F. The Labute approximate surface area is 120 Å². The second kappa shape index (κ2) is 5.50. The van der Waals surface area contributed by atoms with Crippen LogP contribution in [0.4, 0.5) is 32.0 Å². The molecule has 2 aromatic rings. The van der Waals surface area contributed by atoms with Gasteiger partial charge in [-0.25, -0.2) is 4.68 Å². The molecule has 0 saturated heterocycles. The van der Waals surface area contributed by atoms with Crippen molar-refractivity contribution in [2.24, 2.45) is 0 Å². The molecular weight excluding hydrogens is 314 g/mol. The van der Waals surface area contributed by atoms with Crippen LogP contribution in [0.2, 0.25) is 0 Å². The van der Waals surface area contributed by atoms with Gasteiger partial charge < -0.3 is 5.32 Å². The van der Waals surface area contributed by atoms with Crippen LogP contribution in [-0.2, 0) is 6.18 Å². The molecule has 0 aliphatic carbocycles. The quantitative estimate of drug-likeness (QED) is 0.877. The third-order valence-corrected chi connectivity index (χ3v) is 2.86. The molecular formula is C12H10F6N4. The van der Waals surface area contributed by atoms with Gasteiger partial charge in [-0.2, -0.15) is 26.3 Å². The van der Waals surface area contributed by atoms with Gasteiger partial charge >= 0.3 is 12.4 Å². The number of halogens is 6. The van der Waals surface area contributed by atoms with Crippen LogP contribution in [0.1, 0.15) is 12.5 Å². The van der Waals surface area contributed by atoms with E-state index in [0.717, 1.165) is 23.7 Å². The van der Waals surface area contributed by atoms with Gasteiger partial charge in [-0.3, -0.25) is 0 Å². The number of nitrogens with zero attached hydrogens (tertiary/aromatic N) is 3. The number of rotatable bonds is 3. The van der Waals surface area contributed by atoms with E-state index in [1.165, 1.54) is 12.4 Å². The number of hydrogen-bond acceptors (Lipinski definition) is 3. The molecule has 1 unspecified atom stereocenters. The molecule has 0 fully saturated rings. The van der Waals surface area contributed by atoms with Crippen LogP contribution in [0.5, 0.6) is 0 Å². The van der Waals surface area contributed by atoms with Gasteiger partial charge in [0.15, 0.2) is 0 Å². The average Bonchev–Trinajstić information content (AvgIpc) is 2.90. The highest BCUT2D eigenvalue weighted by atomic mass is 19.4. The van der Waals surface area contributed by atoms with Crippen molar-refractivity contribution in [3.05, 3.63) is 36.2 Å². The zero-order valence-corrected chi connectivity index (χ0v) is 11.1. The Morgan fingerprint density at radius 2 is 1.82 bits per heavy atom. The van der Waals surface area contributed by atoms with Gasteiger partial charge in [0.1, 0.15) is 6.04 Å². The van der Waals surface area contributed by atoms with Gasteiger partial charge in [-0.05, 0) is 25.1 Å². The summed E-state index contributed by atoms with van der Waals surface area (Å²) < 4.78 is 77.1. The highest BCUT2D eigenvalue weighted by molar-refractivity contribution is 5.63. The number of alkyl halides is 6. The van der Waals surface area contributed by atoms with Gasteiger partial charge in [0.2, 0.25) is 0 Å². The van der Waals surface area contributed by atoms with E-state index in [1.807, 2.05) is 5.32 Å². The second-order valence-corrected chi connectivity index (χ2v) is 4.48. The van der Waals surface area contributed by atoms with Crippen molar-refractivity contribution >= 4 is 5.69 Å². The summed E-state index contributed by atoms with van der Waals surface area (Å²) in [5.74, 6) is 0. The highest BCUT2D eigenvalue weighted by Crippen LogP contribution is 2.34. The van der Waals surface area contributed by atoms with Crippen molar-refractivity contribution in [3.8, 4) is 5.69 Å². The molecule has 0 saturated carbocycles. The van der Waals surface area contributed by atoms with E-state index in [4.69, 9.17) is 0 Å². The predicted octanol–water partition coefficient (Wildman–Crippen LogP) is 3.65. The maximum Gasteiger partial charge on any atom is 0.416 e. The zero-order valence-electron chi connectivity index (χ0n) is 11.1. The van der Waals surface area contributed by atoms with Crippen LogP contribution in [0.25, 0.3) is 5.69 Å². The third-order valence-electron chi connectivity index (χ3n) is 2.86. The number of aromatic nitrogens is 3. The molecule has 0 aliphatic rings. The van der Waals surface area contributed by atoms with Crippen molar-refractivity contribution in [1.29, 1.82) is 0 Å². The lowest BCUT2D eigenvalue weighted by atomic mass is 10.1. The maximum atomic E-state index is 12.7. The van der Waals surface area contributed by atoms with E-state index in [9.17, 15) is 26.3 Å². The monoisotopic (exact) mass is 324 g/mol. The van der Waals surface area contributed by atoms with Crippen LogP contribution in [0, 0.1) is 0 Å². The Morgan fingerprint density at radius 3 is 2.32 bits per heavy atom. The normalized spacial score (nSPS) is 14.0. The molecule has 1 atom stereocenters. The molecule has 0 aliphatic heterocycles. The molecule has 1 N–H and O–H groups in total. The van der Waals surface area contributed by atoms with Crippen LogP contribution >= 0.6 is 0 Å². The molecule has 1 aromatic heterocycles. The summed E-state index contributed by atoms with van der Waals surface area (Å²) in [6.45, 7) is 0.811. The smallest absolute Gasteiger partial charge is 0.372 e. The Hall–Kier alpha value is -2.26. The number of anilines is 1. The topological polar surface area (TPSA) is 42.7 Å². The minimum absolute atomic E-state index is 0.0293. The van der Waals surface area contributed by atoms with E-state index >= 15 is 0 Å². The van der Waals surface area contributed by atoms with E-state index in [-0.39, 0.29) is 11.4 Å². The molecule has 0 bridgehead atoms. The maximum absolute atomic E-state index is 12.7. The van der Waals surface area contributed by atoms with E-state index in [1.54, 1.807) is 0 Å². The molecule has 120 valence electrons. The number of benzene rings is 1. The van der Waals surface area contributed by atoms with Crippen LogP contribution < -0.4 is 5.32 Å². The average molecular weight is 324 g/mol. The molecule has 0 amide bonds. The fourth-order valence-electron chi connectivity index (χ4n) is 1.68. The van der Waals surface area contributed by atoms with Crippen LogP contribution in [-0.4, -0.2) is 27.2 Å². The van der Waals surface area contributed by atoms with Crippen LogP contribution in [0.3, 0.4) is 0 Å². The van der Waals surface area contributed by atoms with Gasteiger partial charge in [-0.15, -0.1) is 5.10 Å². The molecule has 4 nitrogen and oxygen atoms in total. The van der Waals surface area contributed by atoms with E-state index < -0.39 is 24.0 Å². The van der Waals surface area contributed by atoms with Crippen molar-refractivity contribution in [3.63, 3.8) is 0 Å². The molecule has 1 heterocycles. The minimum atomic E-state index is -4.67. The molecule has 0 radical (unpaired) electrons. The first-order chi connectivity index (χ1) is 10.1. The molecule has 1 aromatic carbocycles. The molecule has 10 heteroatoms. The molecule has 0 spiro atoms. The number of nitrogens with one attached hydrogen (secondary N) is 1. The van der Waals surface area contributed by atoms with E-state index in [0.29, 0.717) is 6.07 Å². The summed E-state index contributed by atoms with van der Waals surface area (Å²) in [7, 11) is 0. The molecule has 2 rings (SSSR count). The summed E-state index contributed by atoms with van der Waals surface area (Å²) in [5.41, 5.74) is -1.38. The first kappa shape index (κ1) is 16.1. The lowest BCUT2D eigenvalue weighted by Gasteiger charge is -2.21. The van der Waals surface area contributed by atoms with E-state index in [2.05, 4.69) is 10.3 Å². The summed E-state index contributed by atoms with van der Waals surface area (Å²) in [6, 6.07) is 0.376. The van der Waals surface area contributed by atoms with Crippen molar-refractivity contribution in [2.45, 2.75) is 25.3 Å². The predicted molar refractivity (Wildman–Crippen MR) is 65.5 cm³/mol. The second-order valence-electron chi connectivity index (χ2n) is 4.48. The van der Waals surface area contributed by atoms with Gasteiger partial charge in [0.25, 0.3) is 0 Å². The minimum Gasteiger partial charge on any atom is -0.372 e. The Kier molecular flexibility index (Phi) is 4.03. The van der Waals surface area contributed by atoms with Gasteiger partial charge in [-0.1, -0.05) is 5.21 Å². The molecule has 22 heavy (non-hydrogen) atoms. The van der Waals surface area contributed by atoms with Crippen molar-refractivity contribution < 1.29 is 26.3 Å². The summed E-state index contributed by atoms with van der Waals surface area (Å²) in [5, 5.41) is 9.09. The first-order valence-corrected chi connectivity index (χ1v) is 6.00.